The molecule has 13 heteroatoms. The van der Waals surface area contributed by atoms with Gasteiger partial charge in [0.1, 0.15) is 12.3 Å². The van der Waals surface area contributed by atoms with Gasteiger partial charge in [-0.05, 0) is 24.3 Å². The highest BCUT2D eigenvalue weighted by molar-refractivity contribution is 5.97. The number of nitrogens with zero attached hydrogens (tertiary/aromatic N) is 5. The fourth-order valence-electron chi connectivity index (χ4n) is 4.79. The number of rotatable bonds is 8. The smallest absolute Gasteiger partial charge is 0.268 e. The van der Waals surface area contributed by atoms with E-state index in [1.807, 2.05) is 0 Å². The van der Waals surface area contributed by atoms with Gasteiger partial charge < -0.3 is 25.1 Å². The summed E-state index contributed by atoms with van der Waals surface area (Å²) in [5, 5.41) is 26.2. The molecule has 0 saturated carbocycles. The fraction of sp³-hybridized carbons (Fsp3) is 0.500. The third-order valence-electron chi connectivity index (χ3n) is 7.02. The number of amides is 3. The standard InChI is InChI=1S/C26H31F2N7O4/c1-33(22(36)4-5-23(37)34-10-8-30-9-11-34)17-2-3-21-20(12-17)19(6-7-31-21)25(39)32-15-24(38)35-16-26(27,28)13-18(35)14-29/h2-3,6-7,12,18,25,30,32,39H,4-5,8-11,13,15-16H2,1H3/t18-,25?/m0/s1. The predicted molar refractivity (Wildman–Crippen MR) is 137 cm³/mol. The number of carbonyl (C=O) groups excluding carboxylic acids is 3. The van der Waals surface area contributed by atoms with Crippen LogP contribution in [0.5, 0.6) is 0 Å². The topological polar surface area (TPSA) is 142 Å². The zero-order valence-electron chi connectivity index (χ0n) is 21.6. The van der Waals surface area contributed by atoms with Crippen molar-refractivity contribution in [2.45, 2.75) is 37.5 Å². The van der Waals surface area contributed by atoms with Gasteiger partial charge in [0.2, 0.25) is 17.7 Å². The molecule has 4 rings (SSSR count). The summed E-state index contributed by atoms with van der Waals surface area (Å²) in [6.07, 6.45) is -0.437. The summed E-state index contributed by atoms with van der Waals surface area (Å²) in [5.41, 5.74) is 1.42. The molecule has 1 aromatic heterocycles. The van der Waals surface area contributed by atoms with Gasteiger partial charge in [-0.2, -0.15) is 5.26 Å². The van der Waals surface area contributed by atoms with Crippen molar-refractivity contribution in [3.8, 4) is 6.07 Å². The van der Waals surface area contributed by atoms with Crippen molar-refractivity contribution in [2.24, 2.45) is 0 Å². The van der Waals surface area contributed by atoms with E-state index in [4.69, 9.17) is 5.26 Å². The third-order valence-corrected chi connectivity index (χ3v) is 7.02. The molecule has 3 heterocycles. The van der Waals surface area contributed by atoms with Gasteiger partial charge in [0, 0.05) is 75.3 Å². The molecule has 2 aliphatic heterocycles. The lowest BCUT2D eigenvalue weighted by atomic mass is 10.1. The number of piperazine rings is 1. The first-order chi connectivity index (χ1) is 18.6. The number of pyridine rings is 1. The second-order valence-electron chi connectivity index (χ2n) is 9.70. The van der Waals surface area contributed by atoms with Crippen LogP contribution in [-0.2, 0) is 14.4 Å². The van der Waals surface area contributed by atoms with Gasteiger partial charge in [0.25, 0.3) is 5.92 Å². The molecular weight excluding hydrogens is 512 g/mol. The fourth-order valence-corrected chi connectivity index (χ4v) is 4.79. The van der Waals surface area contributed by atoms with Crippen LogP contribution in [0.4, 0.5) is 14.5 Å². The minimum atomic E-state index is -3.13. The Hall–Kier alpha value is -3.73. The van der Waals surface area contributed by atoms with E-state index in [-0.39, 0.29) is 24.7 Å². The molecule has 208 valence electrons. The summed E-state index contributed by atoms with van der Waals surface area (Å²) < 4.78 is 27.4. The molecule has 0 radical (unpaired) electrons. The minimum Gasteiger partial charge on any atom is -0.374 e. The number of halogens is 2. The van der Waals surface area contributed by atoms with Crippen LogP contribution < -0.4 is 15.5 Å². The number of aliphatic hydroxyl groups excluding tert-OH is 1. The van der Waals surface area contributed by atoms with Crippen molar-refractivity contribution in [3.63, 3.8) is 0 Å². The summed E-state index contributed by atoms with van der Waals surface area (Å²) in [4.78, 5) is 46.0. The Balaban J connectivity index is 1.41. The number of nitriles is 1. The quantitative estimate of drug-likeness (QED) is 0.414. The van der Waals surface area contributed by atoms with Gasteiger partial charge in [0.15, 0.2) is 0 Å². The Morgan fingerprint density at radius 3 is 2.72 bits per heavy atom. The normalized spacial score (nSPS) is 19.5. The summed E-state index contributed by atoms with van der Waals surface area (Å²) in [6, 6.07) is 7.10. The van der Waals surface area contributed by atoms with E-state index in [0.29, 0.717) is 35.2 Å². The van der Waals surface area contributed by atoms with E-state index in [0.717, 1.165) is 18.0 Å². The minimum absolute atomic E-state index is 0.0444. The van der Waals surface area contributed by atoms with Gasteiger partial charge in [0.05, 0.1) is 24.7 Å². The first-order valence-corrected chi connectivity index (χ1v) is 12.7. The maximum absolute atomic E-state index is 13.7. The molecule has 2 aromatic rings. The van der Waals surface area contributed by atoms with Crippen LogP contribution >= 0.6 is 0 Å². The van der Waals surface area contributed by atoms with Gasteiger partial charge in [-0.15, -0.1) is 0 Å². The molecule has 0 spiro atoms. The second kappa shape index (κ2) is 12.0. The van der Waals surface area contributed by atoms with Crippen molar-refractivity contribution in [1.29, 1.82) is 5.26 Å². The molecule has 3 N–H and O–H groups in total. The van der Waals surface area contributed by atoms with Crippen molar-refractivity contribution < 1.29 is 28.3 Å². The summed E-state index contributed by atoms with van der Waals surface area (Å²) in [6.45, 7) is 1.40. The number of alkyl halides is 2. The molecule has 39 heavy (non-hydrogen) atoms. The van der Waals surface area contributed by atoms with E-state index in [1.54, 1.807) is 42.3 Å². The molecule has 0 bridgehead atoms. The maximum Gasteiger partial charge on any atom is 0.268 e. The number of carbonyl (C=O) groups is 3. The maximum atomic E-state index is 13.7. The first-order valence-electron chi connectivity index (χ1n) is 12.7. The van der Waals surface area contributed by atoms with Crippen LogP contribution in [0, 0.1) is 11.3 Å². The number of aromatic nitrogens is 1. The third kappa shape index (κ3) is 6.65. The Labute approximate surface area is 224 Å². The molecule has 2 atom stereocenters. The lowest BCUT2D eigenvalue weighted by Crippen LogP contribution is -2.46. The Bertz CT molecular complexity index is 1280. The average molecular weight is 544 g/mol. The van der Waals surface area contributed by atoms with Gasteiger partial charge in [-0.3, -0.25) is 24.7 Å². The predicted octanol–water partition coefficient (Wildman–Crippen LogP) is 0.750. The van der Waals surface area contributed by atoms with Crippen LogP contribution in [0.3, 0.4) is 0 Å². The number of fused-ring (bicyclic) bond motifs is 1. The molecule has 11 nitrogen and oxygen atoms in total. The molecule has 1 aromatic carbocycles. The van der Waals surface area contributed by atoms with Crippen LogP contribution in [0.15, 0.2) is 30.5 Å². The molecule has 2 aliphatic rings. The van der Waals surface area contributed by atoms with Gasteiger partial charge in [-0.25, -0.2) is 8.78 Å². The number of hydrogen-bond donors (Lipinski definition) is 3. The van der Waals surface area contributed by atoms with E-state index in [9.17, 15) is 28.3 Å². The highest BCUT2D eigenvalue weighted by Crippen LogP contribution is 2.32. The van der Waals surface area contributed by atoms with Crippen molar-refractivity contribution in [1.82, 2.24) is 25.4 Å². The van der Waals surface area contributed by atoms with E-state index in [2.05, 4.69) is 15.6 Å². The van der Waals surface area contributed by atoms with E-state index in [1.165, 1.54) is 11.1 Å². The number of aliphatic hydroxyl groups is 1. The zero-order valence-corrected chi connectivity index (χ0v) is 21.6. The summed E-state index contributed by atoms with van der Waals surface area (Å²) in [5.74, 6) is -4.17. The zero-order chi connectivity index (χ0) is 28.2. The molecule has 3 amide bonds. The summed E-state index contributed by atoms with van der Waals surface area (Å²) in [7, 11) is 1.60. The lowest BCUT2D eigenvalue weighted by Gasteiger charge is -2.27. The number of benzene rings is 1. The Kier molecular flexibility index (Phi) is 8.69. The van der Waals surface area contributed by atoms with Crippen molar-refractivity contribution >= 4 is 34.3 Å². The van der Waals surface area contributed by atoms with E-state index >= 15 is 0 Å². The van der Waals surface area contributed by atoms with Gasteiger partial charge in [-0.1, -0.05) is 0 Å². The van der Waals surface area contributed by atoms with Crippen molar-refractivity contribution in [2.75, 3.05) is 51.2 Å². The second-order valence-corrected chi connectivity index (χ2v) is 9.70. The van der Waals surface area contributed by atoms with Gasteiger partial charge >= 0.3 is 0 Å². The van der Waals surface area contributed by atoms with Crippen LogP contribution in [0.2, 0.25) is 0 Å². The number of likely N-dealkylation sites (tertiary alicyclic amines) is 1. The Morgan fingerprint density at radius 2 is 2.00 bits per heavy atom. The van der Waals surface area contributed by atoms with Crippen LogP contribution in [0.25, 0.3) is 10.9 Å². The highest BCUT2D eigenvalue weighted by atomic mass is 19.3. The SMILES string of the molecule is CN(C(=O)CCC(=O)N1CCNCC1)c1ccc2nccc(C(O)NCC(=O)N3CC(F)(F)C[C@H]3C#N)c2c1. The average Bonchev–Trinajstić information content (AvgIpc) is 3.28. The number of hydrogen-bond acceptors (Lipinski definition) is 8. The lowest BCUT2D eigenvalue weighted by molar-refractivity contribution is -0.133. The highest BCUT2D eigenvalue weighted by Gasteiger charge is 2.47. The summed E-state index contributed by atoms with van der Waals surface area (Å²) >= 11 is 0. The largest absolute Gasteiger partial charge is 0.374 e. The number of nitrogens with one attached hydrogen (secondary N) is 2. The van der Waals surface area contributed by atoms with E-state index < -0.39 is 43.6 Å². The number of anilines is 1. The van der Waals surface area contributed by atoms with Crippen molar-refractivity contribution in [3.05, 3.63) is 36.0 Å². The monoisotopic (exact) mass is 543 g/mol. The molecule has 0 aliphatic carbocycles. The first kappa shape index (κ1) is 28.3. The Morgan fingerprint density at radius 1 is 1.26 bits per heavy atom. The van der Waals surface area contributed by atoms with Crippen LogP contribution in [0.1, 0.15) is 31.1 Å². The molecule has 1 unspecified atom stereocenters. The molecular formula is C26H31F2N7O4. The molecule has 2 fully saturated rings. The van der Waals surface area contributed by atoms with Crippen LogP contribution in [-0.4, -0.2) is 95.9 Å². The molecule has 2 saturated heterocycles.